The fourth-order valence-electron chi connectivity index (χ4n) is 1.37. The molecule has 0 amide bonds. The van der Waals surface area contributed by atoms with Crippen molar-refractivity contribution >= 4 is 5.69 Å². The van der Waals surface area contributed by atoms with E-state index in [-0.39, 0.29) is 12.2 Å². The minimum Gasteiger partial charge on any atom is -0.396 e. The highest BCUT2D eigenvalue weighted by molar-refractivity contribution is 5.46. The van der Waals surface area contributed by atoms with Crippen molar-refractivity contribution in [2.75, 3.05) is 12.3 Å². The molecular formula is C10H15FN2O2. The standard InChI is InChI=1S/C10H15FN2O2/c1-5-2-8(13)7(11)3-6(5)10(15)9(14)4-12/h2-3,9-10,14-15H,4,12-13H2,1H3. The van der Waals surface area contributed by atoms with Crippen LogP contribution in [-0.2, 0) is 0 Å². The zero-order valence-corrected chi connectivity index (χ0v) is 8.44. The Morgan fingerprint density at radius 1 is 1.40 bits per heavy atom. The number of hydrogen-bond acceptors (Lipinski definition) is 4. The molecule has 0 saturated heterocycles. The molecular weight excluding hydrogens is 199 g/mol. The van der Waals surface area contributed by atoms with E-state index in [9.17, 15) is 14.6 Å². The summed E-state index contributed by atoms with van der Waals surface area (Å²) in [6.45, 7) is 1.59. The van der Waals surface area contributed by atoms with Crippen molar-refractivity contribution in [1.82, 2.24) is 0 Å². The van der Waals surface area contributed by atoms with Gasteiger partial charge in [0, 0.05) is 6.54 Å². The number of nitrogen functional groups attached to an aromatic ring is 1. The van der Waals surface area contributed by atoms with E-state index >= 15 is 0 Å². The fourth-order valence-corrected chi connectivity index (χ4v) is 1.37. The number of aliphatic hydroxyl groups is 2. The van der Waals surface area contributed by atoms with Gasteiger partial charge in [0.2, 0.25) is 0 Å². The molecule has 0 aromatic heterocycles. The lowest BCUT2D eigenvalue weighted by Gasteiger charge is -2.18. The molecule has 6 N–H and O–H groups in total. The molecule has 0 bridgehead atoms. The maximum Gasteiger partial charge on any atom is 0.146 e. The van der Waals surface area contributed by atoms with Crippen molar-refractivity contribution in [2.24, 2.45) is 5.73 Å². The Labute approximate surface area is 87.3 Å². The molecule has 5 heteroatoms. The number of aryl methyl sites for hydroxylation is 1. The van der Waals surface area contributed by atoms with Gasteiger partial charge in [-0.3, -0.25) is 0 Å². The Balaban J connectivity index is 3.09. The molecule has 0 radical (unpaired) electrons. The number of halogens is 1. The van der Waals surface area contributed by atoms with Gasteiger partial charge >= 0.3 is 0 Å². The Morgan fingerprint density at radius 3 is 2.53 bits per heavy atom. The quantitative estimate of drug-likeness (QED) is 0.536. The molecule has 0 heterocycles. The summed E-state index contributed by atoms with van der Waals surface area (Å²) in [4.78, 5) is 0. The lowest BCUT2D eigenvalue weighted by Crippen LogP contribution is -2.27. The largest absolute Gasteiger partial charge is 0.396 e. The molecule has 0 aliphatic carbocycles. The average Bonchev–Trinajstić information content (AvgIpc) is 2.21. The van der Waals surface area contributed by atoms with Crippen molar-refractivity contribution in [3.63, 3.8) is 0 Å². The number of nitrogens with two attached hydrogens (primary N) is 2. The second-order valence-electron chi connectivity index (χ2n) is 3.48. The second kappa shape index (κ2) is 4.57. The van der Waals surface area contributed by atoms with Crippen LogP contribution in [0.25, 0.3) is 0 Å². The maximum atomic E-state index is 13.1. The van der Waals surface area contributed by atoms with E-state index in [0.29, 0.717) is 11.1 Å². The predicted molar refractivity (Wildman–Crippen MR) is 55.6 cm³/mol. The minimum atomic E-state index is -1.19. The summed E-state index contributed by atoms with van der Waals surface area (Å²) in [5, 5.41) is 19.0. The first-order valence-electron chi connectivity index (χ1n) is 4.59. The van der Waals surface area contributed by atoms with Gasteiger partial charge in [0.05, 0.1) is 11.8 Å². The molecule has 1 rings (SSSR count). The molecule has 1 aromatic rings. The normalized spacial score (nSPS) is 15.0. The SMILES string of the molecule is Cc1cc(N)c(F)cc1C(O)C(O)CN. The molecule has 0 saturated carbocycles. The highest BCUT2D eigenvalue weighted by Gasteiger charge is 2.19. The van der Waals surface area contributed by atoms with Crippen LogP contribution in [0.1, 0.15) is 17.2 Å². The minimum absolute atomic E-state index is 0.0192. The van der Waals surface area contributed by atoms with Crippen molar-refractivity contribution in [2.45, 2.75) is 19.1 Å². The number of anilines is 1. The molecule has 0 spiro atoms. The first-order valence-corrected chi connectivity index (χ1v) is 4.59. The number of rotatable bonds is 3. The number of hydrogen-bond donors (Lipinski definition) is 4. The molecule has 1 aromatic carbocycles. The van der Waals surface area contributed by atoms with Crippen LogP contribution in [0, 0.1) is 12.7 Å². The first-order chi connectivity index (χ1) is 6.97. The topological polar surface area (TPSA) is 92.5 Å². The van der Waals surface area contributed by atoms with Gasteiger partial charge in [0.1, 0.15) is 11.9 Å². The highest BCUT2D eigenvalue weighted by Crippen LogP contribution is 2.24. The number of benzene rings is 1. The summed E-state index contributed by atoms with van der Waals surface area (Å²) in [6.07, 6.45) is -2.29. The Bertz CT molecular complexity index is 358. The number of aliphatic hydroxyl groups excluding tert-OH is 2. The van der Waals surface area contributed by atoms with Crippen LogP contribution in [0.5, 0.6) is 0 Å². The van der Waals surface area contributed by atoms with Gasteiger partial charge in [-0.25, -0.2) is 4.39 Å². The van der Waals surface area contributed by atoms with Crippen LogP contribution < -0.4 is 11.5 Å². The van der Waals surface area contributed by atoms with Gasteiger partial charge in [0.25, 0.3) is 0 Å². The summed E-state index contributed by atoms with van der Waals surface area (Å²) < 4.78 is 13.1. The third-order valence-electron chi connectivity index (χ3n) is 2.31. The van der Waals surface area contributed by atoms with Gasteiger partial charge in [-0.15, -0.1) is 0 Å². The summed E-state index contributed by atoms with van der Waals surface area (Å²) in [5.41, 5.74) is 11.5. The van der Waals surface area contributed by atoms with Crippen LogP contribution in [0.15, 0.2) is 12.1 Å². The van der Waals surface area contributed by atoms with Crippen molar-refractivity contribution in [3.8, 4) is 0 Å². The third-order valence-corrected chi connectivity index (χ3v) is 2.31. The third kappa shape index (κ3) is 2.44. The maximum absolute atomic E-state index is 13.1. The van der Waals surface area contributed by atoms with Crippen LogP contribution >= 0.6 is 0 Å². The molecule has 4 nitrogen and oxygen atoms in total. The smallest absolute Gasteiger partial charge is 0.146 e. The van der Waals surface area contributed by atoms with E-state index in [0.717, 1.165) is 6.07 Å². The summed E-state index contributed by atoms with van der Waals surface area (Å²) in [7, 11) is 0. The van der Waals surface area contributed by atoms with Crippen molar-refractivity contribution < 1.29 is 14.6 Å². The van der Waals surface area contributed by atoms with Gasteiger partial charge in [-0.05, 0) is 30.2 Å². The summed E-state index contributed by atoms with van der Waals surface area (Å²) in [5.74, 6) is -0.612. The van der Waals surface area contributed by atoms with Gasteiger partial charge < -0.3 is 21.7 Å². The lowest BCUT2D eigenvalue weighted by atomic mass is 9.98. The van der Waals surface area contributed by atoms with Crippen LogP contribution in [0.4, 0.5) is 10.1 Å². The fraction of sp³-hybridized carbons (Fsp3) is 0.400. The molecule has 15 heavy (non-hydrogen) atoms. The molecule has 84 valence electrons. The van der Waals surface area contributed by atoms with E-state index in [1.165, 1.54) is 6.07 Å². The molecule has 2 atom stereocenters. The van der Waals surface area contributed by atoms with Gasteiger partial charge in [-0.2, -0.15) is 0 Å². The lowest BCUT2D eigenvalue weighted by molar-refractivity contribution is 0.0238. The monoisotopic (exact) mass is 214 g/mol. The van der Waals surface area contributed by atoms with Crippen LogP contribution in [0.3, 0.4) is 0 Å². The highest BCUT2D eigenvalue weighted by atomic mass is 19.1. The van der Waals surface area contributed by atoms with E-state index in [4.69, 9.17) is 11.5 Å². The van der Waals surface area contributed by atoms with Gasteiger partial charge in [-0.1, -0.05) is 0 Å². The summed E-state index contributed by atoms with van der Waals surface area (Å²) in [6, 6.07) is 2.53. The molecule has 0 fully saturated rings. The van der Waals surface area contributed by atoms with Crippen LogP contribution in [-0.4, -0.2) is 22.9 Å². The Hall–Kier alpha value is -1.17. The van der Waals surface area contributed by atoms with E-state index in [1.54, 1.807) is 6.92 Å². The Morgan fingerprint density at radius 2 is 2.00 bits per heavy atom. The van der Waals surface area contributed by atoms with E-state index < -0.39 is 18.0 Å². The zero-order chi connectivity index (χ0) is 11.6. The van der Waals surface area contributed by atoms with E-state index in [1.807, 2.05) is 0 Å². The van der Waals surface area contributed by atoms with E-state index in [2.05, 4.69) is 0 Å². The first kappa shape index (κ1) is 11.9. The van der Waals surface area contributed by atoms with Crippen LogP contribution in [0.2, 0.25) is 0 Å². The zero-order valence-electron chi connectivity index (χ0n) is 8.44. The predicted octanol–water partition coefficient (Wildman–Crippen LogP) is 0.0693. The van der Waals surface area contributed by atoms with Crippen molar-refractivity contribution in [1.29, 1.82) is 0 Å². The summed E-state index contributed by atoms with van der Waals surface area (Å²) >= 11 is 0. The molecule has 0 aliphatic heterocycles. The molecule has 0 aliphatic rings. The Kier molecular flexibility index (Phi) is 3.62. The molecule has 2 unspecified atom stereocenters. The van der Waals surface area contributed by atoms with Crippen molar-refractivity contribution in [3.05, 3.63) is 29.1 Å². The average molecular weight is 214 g/mol. The van der Waals surface area contributed by atoms with Gasteiger partial charge in [0.15, 0.2) is 0 Å². The second-order valence-corrected chi connectivity index (χ2v) is 3.48.